The van der Waals surface area contributed by atoms with Crippen LogP contribution in [0.25, 0.3) is 0 Å². The van der Waals surface area contributed by atoms with Gasteiger partial charge >= 0.3 is 5.97 Å². The number of aliphatic carboxylic acids is 1. The molecular weight excluding hydrogens is 365 g/mol. The van der Waals surface area contributed by atoms with E-state index < -0.39 is 17.1 Å². The van der Waals surface area contributed by atoms with E-state index in [-0.39, 0.29) is 17.4 Å². The molecule has 21 heavy (non-hydrogen) atoms. The molecule has 2 rings (SSSR count). The molecule has 0 aromatic heterocycles. The van der Waals surface area contributed by atoms with Gasteiger partial charge in [0, 0.05) is 10.0 Å². The van der Waals surface area contributed by atoms with E-state index in [4.69, 9.17) is 5.11 Å². The Balaban J connectivity index is 2.03. The second-order valence-corrected chi connectivity index (χ2v) is 6.05. The molecule has 1 atom stereocenters. The van der Waals surface area contributed by atoms with Crippen molar-refractivity contribution in [2.24, 2.45) is 10.2 Å². The fourth-order valence-electron chi connectivity index (χ4n) is 1.49. The molecular formula is C12H9BrFN3O3S. The third-order valence-corrected chi connectivity index (χ3v) is 4.20. The van der Waals surface area contributed by atoms with Crippen LogP contribution >= 0.6 is 27.7 Å². The first-order valence-electron chi connectivity index (χ1n) is 5.71. The minimum Gasteiger partial charge on any atom is -0.481 e. The van der Waals surface area contributed by atoms with E-state index in [1.165, 1.54) is 24.4 Å². The second kappa shape index (κ2) is 6.81. The van der Waals surface area contributed by atoms with Gasteiger partial charge in [-0.2, -0.15) is 5.10 Å². The molecule has 1 aromatic rings. The topological polar surface area (TPSA) is 91.1 Å². The molecule has 0 radical (unpaired) electrons. The highest BCUT2D eigenvalue weighted by molar-refractivity contribution is 9.10. The van der Waals surface area contributed by atoms with Gasteiger partial charge in [0.1, 0.15) is 11.1 Å². The number of thioether (sulfide) groups is 1. The summed E-state index contributed by atoms with van der Waals surface area (Å²) in [5.41, 5.74) is 0.622. The van der Waals surface area contributed by atoms with E-state index in [0.717, 1.165) is 11.8 Å². The lowest BCUT2D eigenvalue weighted by Crippen LogP contribution is -2.26. The van der Waals surface area contributed by atoms with Crippen molar-refractivity contribution in [1.82, 2.24) is 5.32 Å². The maximum Gasteiger partial charge on any atom is 0.305 e. The highest BCUT2D eigenvalue weighted by Gasteiger charge is 2.32. The highest BCUT2D eigenvalue weighted by atomic mass is 79.9. The number of hydrogen-bond donors (Lipinski definition) is 2. The Morgan fingerprint density at radius 2 is 2.33 bits per heavy atom. The van der Waals surface area contributed by atoms with Crippen molar-refractivity contribution in [3.8, 4) is 0 Å². The number of nitrogens with one attached hydrogen (secondary N) is 1. The van der Waals surface area contributed by atoms with Gasteiger partial charge in [-0.1, -0.05) is 27.7 Å². The van der Waals surface area contributed by atoms with Gasteiger partial charge in [-0.3, -0.25) is 9.59 Å². The predicted molar refractivity (Wildman–Crippen MR) is 80.9 cm³/mol. The Hall–Kier alpha value is -1.74. The molecule has 0 saturated carbocycles. The molecule has 1 aromatic carbocycles. The second-order valence-electron chi connectivity index (χ2n) is 4.01. The Morgan fingerprint density at radius 3 is 3.00 bits per heavy atom. The van der Waals surface area contributed by atoms with Crippen molar-refractivity contribution in [3.63, 3.8) is 0 Å². The van der Waals surface area contributed by atoms with Crippen LogP contribution in [-0.2, 0) is 9.59 Å². The number of halogens is 2. The van der Waals surface area contributed by atoms with Crippen molar-refractivity contribution < 1.29 is 19.1 Å². The van der Waals surface area contributed by atoms with E-state index >= 15 is 0 Å². The molecule has 1 aliphatic rings. The number of carboxylic acids is 1. The molecule has 1 unspecified atom stereocenters. The SMILES string of the molecule is O=C(O)CC1SC(=NN=Cc2ccc(F)cc2Br)NC1=O. The van der Waals surface area contributed by atoms with Gasteiger partial charge in [-0.05, 0) is 18.2 Å². The summed E-state index contributed by atoms with van der Waals surface area (Å²) < 4.78 is 13.4. The molecule has 0 aliphatic carbocycles. The number of amides is 1. The lowest BCUT2D eigenvalue weighted by molar-refractivity contribution is -0.138. The maximum absolute atomic E-state index is 12.9. The summed E-state index contributed by atoms with van der Waals surface area (Å²) in [6, 6.07) is 4.11. The Labute approximate surface area is 131 Å². The predicted octanol–water partition coefficient (Wildman–Crippen LogP) is 1.98. The molecule has 1 aliphatic heterocycles. The fraction of sp³-hybridized carbons (Fsp3) is 0.167. The van der Waals surface area contributed by atoms with Crippen molar-refractivity contribution in [2.45, 2.75) is 11.7 Å². The molecule has 1 heterocycles. The van der Waals surface area contributed by atoms with Gasteiger partial charge < -0.3 is 10.4 Å². The number of rotatable bonds is 4. The Bertz CT molecular complexity index is 651. The van der Waals surface area contributed by atoms with Crippen LogP contribution in [-0.4, -0.2) is 33.6 Å². The number of benzene rings is 1. The fourth-order valence-corrected chi connectivity index (χ4v) is 2.86. The van der Waals surface area contributed by atoms with Gasteiger partial charge in [0.15, 0.2) is 5.17 Å². The van der Waals surface area contributed by atoms with Crippen molar-refractivity contribution in [3.05, 3.63) is 34.1 Å². The van der Waals surface area contributed by atoms with Gasteiger partial charge in [0.25, 0.3) is 0 Å². The van der Waals surface area contributed by atoms with Gasteiger partial charge in [-0.15, -0.1) is 5.10 Å². The van der Waals surface area contributed by atoms with Crippen LogP contribution in [0.15, 0.2) is 32.9 Å². The van der Waals surface area contributed by atoms with E-state index in [2.05, 4.69) is 31.4 Å². The van der Waals surface area contributed by atoms with E-state index in [1.54, 1.807) is 0 Å². The molecule has 110 valence electrons. The molecule has 1 fully saturated rings. The quantitative estimate of drug-likeness (QED) is 0.623. The Morgan fingerprint density at radius 1 is 1.57 bits per heavy atom. The monoisotopic (exact) mass is 373 g/mol. The minimum atomic E-state index is -1.05. The summed E-state index contributed by atoms with van der Waals surface area (Å²) in [5, 5.41) is 18.2. The lowest BCUT2D eigenvalue weighted by atomic mass is 10.2. The largest absolute Gasteiger partial charge is 0.481 e. The van der Waals surface area contributed by atoms with Gasteiger partial charge in [0.2, 0.25) is 5.91 Å². The van der Waals surface area contributed by atoms with Gasteiger partial charge in [0.05, 0.1) is 12.6 Å². The molecule has 2 N–H and O–H groups in total. The molecule has 1 amide bonds. The molecule has 6 nitrogen and oxygen atoms in total. The van der Waals surface area contributed by atoms with Crippen LogP contribution in [0.2, 0.25) is 0 Å². The van der Waals surface area contributed by atoms with Crippen LogP contribution in [0, 0.1) is 5.82 Å². The third kappa shape index (κ3) is 4.36. The van der Waals surface area contributed by atoms with E-state index in [1.807, 2.05) is 0 Å². The van der Waals surface area contributed by atoms with E-state index in [9.17, 15) is 14.0 Å². The number of carbonyl (C=O) groups is 2. The first-order valence-corrected chi connectivity index (χ1v) is 7.38. The summed E-state index contributed by atoms with van der Waals surface area (Å²) in [6.07, 6.45) is 1.12. The summed E-state index contributed by atoms with van der Waals surface area (Å²) in [5.74, 6) is -1.83. The molecule has 0 spiro atoms. The van der Waals surface area contributed by atoms with E-state index in [0.29, 0.717) is 10.0 Å². The van der Waals surface area contributed by atoms with Gasteiger partial charge in [-0.25, -0.2) is 4.39 Å². The molecule has 1 saturated heterocycles. The zero-order valence-electron chi connectivity index (χ0n) is 10.4. The summed E-state index contributed by atoms with van der Waals surface area (Å²) >= 11 is 4.20. The normalized spacial score (nSPS) is 20.2. The van der Waals surface area contributed by atoms with Crippen LogP contribution in [0.3, 0.4) is 0 Å². The van der Waals surface area contributed by atoms with Crippen LogP contribution in [0.5, 0.6) is 0 Å². The molecule has 0 bridgehead atoms. The number of carbonyl (C=O) groups excluding carboxylic acids is 1. The van der Waals surface area contributed by atoms with Crippen molar-refractivity contribution in [2.75, 3.05) is 0 Å². The lowest BCUT2D eigenvalue weighted by Gasteiger charge is -1.98. The zero-order chi connectivity index (χ0) is 15.4. The highest BCUT2D eigenvalue weighted by Crippen LogP contribution is 2.22. The van der Waals surface area contributed by atoms with Crippen LogP contribution in [0.1, 0.15) is 12.0 Å². The number of carboxylic acid groups (broad SMARTS) is 1. The summed E-state index contributed by atoms with van der Waals surface area (Å²) in [6.45, 7) is 0. The average molecular weight is 374 g/mol. The molecule has 9 heteroatoms. The van der Waals surface area contributed by atoms with Crippen LogP contribution < -0.4 is 5.32 Å². The van der Waals surface area contributed by atoms with Crippen molar-refractivity contribution >= 4 is 51.0 Å². The summed E-state index contributed by atoms with van der Waals surface area (Å²) in [4.78, 5) is 22.0. The van der Waals surface area contributed by atoms with Crippen molar-refractivity contribution in [1.29, 1.82) is 0 Å². The third-order valence-electron chi connectivity index (χ3n) is 2.44. The standard InChI is InChI=1S/C12H9BrFN3O3S/c13-8-3-7(14)2-1-6(8)5-15-17-12-16-11(20)9(21-12)4-10(18)19/h1-3,5,9H,4H2,(H,18,19)(H,16,17,20). The first-order chi connectivity index (χ1) is 9.95. The smallest absolute Gasteiger partial charge is 0.305 e. The number of amidine groups is 1. The number of hydrogen-bond acceptors (Lipinski definition) is 5. The number of nitrogens with zero attached hydrogens (tertiary/aromatic N) is 2. The minimum absolute atomic E-state index is 0.237. The summed E-state index contributed by atoms with van der Waals surface area (Å²) in [7, 11) is 0. The van der Waals surface area contributed by atoms with Crippen LogP contribution in [0.4, 0.5) is 4.39 Å². The zero-order valence-corrected chi connectivity index (χ0v) is 12.8. The maximum atomic E-state index is 12.9. The Kier molecular flexibility index (Phi) is 5.07. The first kappa shape index (κ1) is 15.6. The average Bonchev–Trinajstić information content (AvgIpc) is 2.72.